The van der Waals surface area contributed by atoms with E-state index in [-0.39, 0.29) is 0 Å². The van der Waals surface area contributed by atoms with E-state index in [1.165, 1.54) is 7.11 Å². The van der Waals surface area contributed by atoms with Crippen LogP contribution in [0.3, 0.4) is 0 Å². The van der Waals surface area contributed by atoms with Gasteiger partial charge in [0.25, 0.3) is 0 Å². The molecule has 0 bridgehead atoms. The van der Waals surface area contributed by atoms with Crippen molar-refractivity contribution in [3.63, 3.8) is 0 Å². The molecule has 0 spiro atoms. The predicted molar refractivity (Wildman–Crippen MR) is 72.4 cm³/mol. The van der Waals surface area contributed by atoms with Crippen LogP contribution in [0.25, 0.3) is 0 Å². The maximum Gasteiger partial charge on any atom is 0.411 e. The summed E-state index contributed by atoms with van der Waals surface area (Å²) >= 11 is 0. The van der Waals surface area contributed by atoms with E-state index in [2.05, 4.69) is 23.9 Å². The van der Waals surface area contributed by atoms with Crippen LogP contribution in [0.1, 0.15) is 31.9 Å². The van der Waals surface area contributed by atoms with Gasteiger partial charge in [0.15, 0.2) is 0 Å². The van der Waals surface area contributed by atoms with Crippen LogP contribution in [0, 0.1) is 0 Å². The number of nitrogens with one attached hydrogen (secondary N) is 1. The second-order valence-corrected chi connectivity index (χ2v) is 3.88. The first-order valence-corrected chi connectivity index (χ1v) is 6.29. The van der Waals surface area contributed by atoms with E-state index in [9.17, 15) is 4.79 Å². The summed E-state index contributed by atoms with van der Waals surface area (Å²) in [5, 5.41) is 2.69. The molecule has 0 aliphatic rings. The van der Waals surface area contributed by atoms with Crippen LogP contribution >= 0.6 is 0 Å². The lowest BCUT2D eigenvalue weighted by Crippen LogP contribution is -2.12. The van der Waals surface area contributed by atoms with Crippen molar-refractivity contribution in [1.29, 1.82) is 0 Å². The quantitative estimate of drug-likeness (QED) is 0.872. The zero-order chi connectivity index (χ0) is 13.5. The minimum atomic E-state index is -0.455. The fourth-order valence-corrected chi connectivity index (χ4v) is 1.85. The van der Waals surface area contributed by atoms with Crippen molar-refractivity contribution >= 4 is 11.8 Å². The smallest absolute Gasteiger partial charge is 0.411 e. The Labute approximate surface area is 108 Å². The van der Waals surface area contributed by atoms with Gasteiger partial charge in [-0.25, -0.2) is 4.79 Å². The van der Waals surface area contributed by atoms with Gasteiger partial charge in [-0.1, -0.05) is 13.8 Å². The van der Waals surface area contributed by atoms with E-state index in [4.69, 9.17) is 4.74 Å². The number of methoxy groups -OCH3 is 1. The number of anilines is 1. The number of rotatable bonds is 5. The van der Waals surface area contributed by atoms with E-state index in [0.717, 1.165) is 35.4 Å². The van der Waals surface area contributed by atoms with Crippen LogP contribution in [-0.4, -0.2) is 19.8 Å². The first-order chi connectivity index (χ1) is 8.65. The second kappa shape index (κ2) is 6.89. The largest absolute Gasteiger partial charge is 0.493 e. The average molecular weight is 251 g/mol. The van der Waals surface area contributed by atoms with Crippen LogP contribution in [0.2, 0.25) is 0 Å². The monoisotopic (exact) mass is 251 g/mol. The molecule has 0 saturated heterocycles. The molecule has 0 heterocycles. The molecule has 1 amide bonds. The molecule has 0 aliphatic carbocycles. The number of aryl methyl sites for hydroxylation is 2. The number of benzene rings is 1. The normalized spacial score (nSPS) is 10.0. The van der Waals surface area contributed by atoms with Gasteiger partial charge in [-0.15, -0.1) is 0 Å². The van der Waals surface area contributed by atoms with E-state index < -0.39 is 6.09 Å². The standard InChI is InChI=1S/C14H21NO3/c1-5-10-8-12(15-14(16)17-4)9-11(6-2)13(10)18-7-3/h8-9H,5-7H2,1-4H3,(H,15,16). The SMILES string of the molecule is CCOc1c(CC)cc(NC(=O)OC)cc1CC. The van der Waals surface area contributed by atoms with Crippen molar-refractivity contribution in [3.8, 4) is 5.75 Å². The van der Waals surface area contributed by atoms with Gasteiger partial charge in [-0.2, -0.15) is 0 Å². The van der Waals surface area contributed by atoms with Gasteiger partial charge in [-0.3, -0.25) is 5.32 Å². The van der Waals surface area contributed by atoms with Crippen LogP contribution < -0.4 is 10.1 Å². The highest BCUT2D eigenvalue weighted by Crippen LogP contribution is 2.29. The Hall–Kier alpha value is -1.71. The van der Waals surface area contributed by atoms with Crippen LogP contribution in [0.5, 0.6) is 5.75 Å². The van der Waals surface area contributed by atoms with E-state index in [1.54, 1.807) is 0 Å². The first kappa shape index (κ1) is 14.4. The number of hydrogen-bond acceptors (Lipinski definition) is 3. The Kier molecular flexibility index (Phi) is 5.49. The number of carbonyl (C=O) groups excluding carboxylic acids is 1. The molecular formula is C14H21NO3. The van der Waals surface area contributed by atoms with Gasteiger partial charge in [0, 0.05) is 5.69 Å². The molecule has 0 saturated carbocycles. The highest BCUT2D eigenvalue weighted by Gasteiger charge is 2.11. The molecule has 1 aromatic carbocycles. The Bertz CT molecular complexity index is 390. The predicted octanol–water partition coefficient (Wildman–Crippen LogP) is 3.39. The molecular weight excluding hydrogens is 230 g/mol. The molecule has 18 heavy (non-hydrogen) atoms. The zero-order valence-electron chi connectivity index (χ0n) is 11.5. The summed E-state index contributed by atoms with van der Waals surface area (Å²) < 4.78 is 10.3. The van der Waals surface area contributed by atoms with Crippen molar-refractivity contribution in [1.82, 2.24) is 0 Å². The molecule has 0 atom stereocenters. The Morgan fingerprint density at radius 3 is 2.11 bits per heavy atom. The molecule has 1 rings (SSSR count). The summed E-state index contributed by atoms with van der Waals surface area (Å²) in [6, 6.07) is 3.86. The van der Waals surface area contributed by atoms with Crippen molar-refractivity contribution < 1.29 is 14.3 Å². The second-order valence-electron chi connectivity index (χ2n) is 3.88. The third kappa shape index (κ3) is 3.39. The van der Waals surface area contributed by atoms with Gasteiger partial charge in [0.2, 0.25) is 0 Å². The summed E-state index contributed by atoms with van der Waals surface area (Å²) in [5.41, 5.74) is 2.95. The molecule has 0 unspecified atom stereocenters. The number of ether oxygens (including phenoxy) is 2. The highest BCUT2D eigenvalue weighted by atomic mass is 16.5. The maximum absolute atomic E-state index is 11.2. The summed E-state index contributed by atoms with van der Waals surface area (Å²) in [6.07, 6.45) is 1.26. The lowest BCUT2D eigenvalue weighted by atomic mass is 10.0. The van der Waals surface area contributed by atoms with Gasteiger partial charge >= 0.3 is 6.09 Å². The number of carbonyl (C=O) groups is 1. The minimum absolute atomic E-state index is 0.455. The van der Waals surface area contributed by atoms with Crippen molar-refractivity contribution in [2.45, 2.75) is 33.6 Å². The summed E-state index contributed by atoms with van der Waals surface area (Å²) in [5.74, 6) is 0.943. The minimum Gasteiger partial charge on any atom is -0.493 e. The third-order valence-electron chi connectivity index (χ3n) is 2.73. The number of hydrogen-bond donors (Lipinski definition) is 1. The third-order valence-corrected chi connectivity index (χ3v) is 2.73. The zero-order valence-corrected chi connectivity index (χ0v) is 11.5. The lowest BCUT2D eigenvalue weighted by Gasteiger charge is -2.16. The highest BCUT2D eigenvalue weighted by molar-refractivity contribution is 5.85. The van der Waals surface area contributed by atoms with Gasteiger partial charge < -0.3 is 9.47 Å². The maximum atomic E-state index is 11.2. The molecule has 100 valence electrons. The van der Waals surface area contributed by atoms with Crippen LogP contribution in [0.15, 0.2) is 12.1 Å². The topological polar surface area (TPSA) is 47.6 Å². The lowest BCUT2D eigenvalue weighted by molar-refractivity contribution is 0.187. The molecule has 4 heteroatoms. The van der Waals surface area contributed by atoms with Gasteiger partial charge in [0.1, 0.15) is 5.75 Å². The van der Waals surface area contributed by atoms with Crippen molar-refractivity contribution in [2.75, 3.05) is 19.0 Å². The van der Waals surface area contributed by atoms with Gasteiger partial charge in [-0.05, 0) is 43.0 Å². The fraction of sp³-hybridized carbons (Fsp3) is 0.500. The molecule has 1 aromatic rings. The Balaban J connectivity index is 3.12. The Morgan fingerprint density at radius 1 is 1.17 bits per heavy atom. The molecule has 0 aromatic heterocycles. The summed E-state index contributed by atoms with van der Waals surface area (Å²) in [4.78, 5) is 11.2. The molecule has 1 N–H and O–H groups in total. The average Bonchev–Trinajstić information content (AvgIpc) is 2.39. The summed E-state index contributed by atoms with van der Waals surface area (Å²) in [7, 11) is 1.35. The van der Waals surface area contributed by atoms with Gasteiger partial charge in [0.05, 0.1) is 13.7 Å². The summed E-state index contributed by atoms with van der Waals surface area (Å²) in [6.45, 7) is 6.75. The molecule has 0 radical (unpaired) electrons. The molecule has 0 aliphatic heterocycles. The van der Waals surface area contributed by atoms with Crippen molar-refractivity contribution in [2.24, 2.45) is 0 Å². The number of amides is 1. The van der Waals surface area contributed by atoms with E-state index in [1.807, 2.05) is 19.1 Å². The van der Waals surface area contributed by atoms with Crippen molar-refractivity contribution in [3.05, 3.63) is 23.3 Å². The van der Waals surface area contributed by atoms with E-state index in [0.29, 0.717) is 6.61 Å². The van der Waals surface area contributed by atoms with E-state index >= 15 is 0 Å². The van der Waals surface area contributed by atoms with Crippen LogP contribution in [0.4, 0.5) is 10.5 Å². The Morgan fingerprint density at radius 2 is 1.72 bits per heavy atom. The first-order valence-electron chi connectivity index (χ1n) is 6.29. The van der Waals surface area contributed by atoms with Crippen LogP contribution in [-0.2, 0) is 17.6 Å². The fourth-order valence-electron chi connectivity index (χ4n) is 1.85. The molecule has 4 nitrogen and oxygen atoms in total. The molecule has 0 fully saturated rings.